The Morgan fingerprint density at radius 1 is 1.37 bits per heavy atom. The predicted molar refractivity (Wildman–Crippen MR) is 73.1 cm³/mol. The van der Waals surface area contributed by atoms with Crippen molar-refractivity contribution >= 4 is 34.1 Å². The number of fused-ring (bicyclic) bond motifs is 1. The number of nitriles is 1. The van der Waals surface area contributed by atoms with Crippen LogP contribution in [-0.2, 0) is 0 Å². The Bertz CT molecular complexity index is 783. The van der Waals surface area contributed by atoms with Crippen LogP contribution in [0, 0.1) is 11.5 Å². The second-order valence-corrected chi connectivity index (χ2v) is 4.78. The van der Waals surface area contributed by atoms with Crippen molar-refractivity contribution in [2.24, 2.45) is 0 Å². The first-order chi connectivity index (χ1) is 9.29. The number of imidazole rings is 1. The molecule has 0 saturated carbocycles. The third-order valence-electron chi connectivity index (χ3n) is 2.68. The second-order valence-electron chi connectivity index (χ2n) is 3.83. The van der Waals surface area contributed by atoms with Crippen LogP contribution in [0.3, 0.4) is 0 Å². The zero-order valence-electron chi connectivity index (χ0n) is 9.68. The highest BCUT2D eigenvalue weighted by atomic mass is 32.1. The fourth-order valence-electron chi connectivity index (χ4n) is 1.87. The molecule has 2 heterocycles. The van der Waals surface area contributed by atoms with Crippen molar-refractivity contribution in [2.45, 2.75) is 0 Å². The maximum atomic E-state index is 12.4. The number of aromatic nitrogens is 2. The fraction of sp³-hybridized carbons (Fsp3) is 0. The van der Waals surface area contributed by atoms with Gasteiger partial charge in [-0.25, -0.2) is 4.98 Å². The molecule has 0 radical (unpaired) electrons. The van der Waals surface area contributed by atoms with E-state index in [2.05, 4.69) is 15.3 Å². The van der Waals surface area contributed by atoms with Gasteiger partial charge in [-0.05, 0) is 23.6 Å². The smallest absolute Gasteiger partial charge is 0.214 e. The Morgan fingerprint density at radius 2 is 2.26 bits per heavy atom. The highest BCUT2D eigenvalue weighted by Crippen LogP contribution is 2.23. The Labute approximate surface area is 112 Å². The van der Waals surface area contributed by atoms with Gasteiger partial charge < -0.3 is 4.98 Å². The van der Waals surface area contributed by atoms with E-state index in [1.165, 1.54) is 11.3 Å². The van der Waals surface area contributed by atoms with Crippen LogP contribution < -0.4 is 5.32 Å². The van der Waals surface area contributed by atoms with E-state index in [4.69, 9.17) is 5.26 Å². The molecule has 3 aromatic rings. The van der Waals surface area contributed by atoms with E-state index in [0.29, 0.717) is 21.9 Å². The van der Waals surface area contributed by atoms with Gasteiger partial charge in [-0.3, -0.25) is 10.1 Å². The molecule has 3 rings (SSSR count). The molecule has 5 nitrogen and oxygen atoms in total. The normalized spacial score (nSPS) is 10.3. The molecular formula is C13H8N4OS. The van der Waals surface area contributed by atoms with Crippen molar-refractivity contribution in [3.05, 3.63) is 46.2 Å². The summed E-state index contributed by atoms with van der Waals surface area (Å²) < 4.78 is 0. The summed E-state index contributed by atoms with van der Waals surface area (Å²) in [5.41, 5.74) is 1.82. The van der Waals surface area contributed by atoms with E-state index in [1.54, 1.807) is 24.4 Å². The number of hydrogen-bond acceptors (Lipinski definition) is 5. The number of ketones is 1. The summed E-state index contributed by atoms with van der Waals surface area (Å²) in [6.45, 7) is 0. The van der Waals surface area contributed by atoms with E-state index in [-0.39, 0.29) is 5.78 Å². The van der Waals surface area contributed by atoms with Crippen LogP contribution in [0.15, 0.2) is 35.7 Å². The summed E-state index contributed by atoms with van der Waals surface area (Å²) in [4.78, 5) is 20.2. The summed E-state index contributed by atoms with van der Waals surface area (Å²) in [7, 11) is 0. The highest BCUT2D eigenvalue weighted by Gasteiger charge is 2.15. The van der Waals surface area contributed by atoms with Crippen molar-refractivity contribution in [3.8, 4) is 6.19 Å². The van der Waals surface area contributed by atoms with Gasteiger partial charge in [0, 0.05) is 0 Å². The molecule has 0 aliphatic carbocycles. The van der Waals surface area contributed by atoms with E-state index in [9.17, 15) is 4.79 Å². The minimum Gasteiger partial charge on any atom is -0.323 e. The zero-order chi connectivity index (χ0) is 13.2. The lowest BCUT2D eigenvalue weighted by Gasteiger charge is -1.98. The van der Waals surface area contributed by atoms with Crippen molar-refractivity contribution < 1.29 is 4.79 Å². The number of H-pyrrole nitrogens is 1. The molecule has 0 aliphatic rings. The maximum Gasteiger partial charge on any atom is 0.214 e. The minimum atomic E-state index is -0.0596. The van der Waals surface area contributed by atoms with E-state index in [1.807, 2.05) is 17.5 Å². The summed E-state index contributed by atoms with van der Waals surface area (Å²) in [6.07, 6.45) is 1.79. The summed E-state index contributed by atoms with van der Waals surface area (Å²) in [6, 6.07) is 8.97. The first-order valence-corrected chi connectivity index (χ1v) is 6.39. The number of carbonyl (C=O) groups is 1. The average Bonchev–Trinajstić information content (AvgIpc) is 3.06. The van der Waals surface area contributed by atoms with Crippen LogP contribution in [0.2, 0.25) is 0 Å². The molecule has 2 N–H and O–H groups in total. The van der Waals surface area contributed by atoms with Gasteiger partial charge in [-0.2, -0.15) is 5.26 Å². The van der Waals surface area contributed by atoms with Crippen molar-refractivity contribution in [3.63, 3.8) is 0 Å². The number of para-hydroxylation sites is 1. The monoisotopic (exact) mass is 268 g/mol. The van der Waals surface area contributed by atoms with E-state index >= 15 is 0 Å². The molecule has 1 aromatic carbocycles. The number of aromatic amines is 1. The Balaban J connectivity index is 2.14. The Hall–Kier alpha value is -2.65. The molecule has 6 heteroatoms. The number of thiophene rings is 1. The zero-order valence-corrected chi connectivity index (χ0v) is 10.5. The molecule has 2 aromatic heterocycles. The summed E-state index contributed by atoms with van der Waals surface area (Å²) in [5, 5.41) is 12.9. The maximum absolute atomic E-state index is 12.4. The van der Waals surface area contributed by atoms with Crippen LogP contribution in [0.4, 0.5) is 5.95 Å². The molecular weight excluding hydrogens is 260 g/mol. The first kappa shape index (κ1) is 11.4. The molecule has 0 atom stereocenters. The molecule has 0 unspecified atom stereocenters. The van der Waals surface area contributed by atoms with Gasteiger partial charge in [0.1, 0.15) is 5.52 Å². The SMILES string of the molecule is N#CNc1nc2c(C(=O)c3cccs3)cccc2[nH]1. The molecule has 92 valence electrons. The van der Waals surface area contributed by atoms with E-state index in [0.717, 1.165) is 5.52 Å². The standard InChI is InChI=1S/C13H8N4OS/c14-7-15-13-16-9-4-1-3-8(11(9)17-13)12(18)10-5-2-6-19-10/h1-6H,(H2,15,16,17). The second kappa shape index (κ2) is 4.55. The van der Waals surface area contributed by atoms with Crippen LogP contribution >= 0.6 is 11.3 Å². The Morgan fingerprint density at radius 3 is 3.00 bits per heavy atom. The van der Waals surface area contributed by atoms with Crippen molar-refractivity contribution in [1.82, 2.24) is 9.97 Å². The van der Waals surface area contributed by atoms with Gasteiger partial charge in [0.15, 0.2) is 6.19 Å². The van der Waals surface area contributed by atoms with Crippen LogP contribution in [0.5, 0.6) is 0 Å². The molecule has 0 aliphatic heterocycles. The number of nitrogens with zero attached hydrogens (tertiary/aromatic N) is 2. The number of benzene rings is 1. The molecule has 0 fully saturated rings. The number of anilines is 1. The number of carbonyl (C=O) groups excluding carboxylic acids is 1. The van der Waals surface area contributed by atoms with Gasteiger partial charge >= 0.3 is 0 Å². The molecule has 0 amide bonds. The molecule has 0 spiro atoms. The van der Waals surface area contributed by atoms with Crippen LogP contribution in [0.25, 0.3) is 11.0 Å². The number of hydrogen-bond donors (Lipinski definition) is 2. The van der Waals surface area contributed by atoms with E-state index < -0.39 is 0 Å². The molecule has 0 bridgehead atoms. The summed E-state index contributed by atoms with van der Waals surface area (Å²) >= 11 is 1.40. The van der Waals surface area contributed by atoms with Crippen LogP contribution in [0.1, 0.15) is 15.2 Å². The van der Waals surface area contributed by atoms with Gasteiger partial charge in [-0.15, -0.1) is 11.3 Å². The molecule has 0 saturated heterocycles. The minimum absolute atomic E-state index is 0.0596. The lowest BCUT2D eigenvalue weighted by molar-refractivity contribution is 0.104. The van der Waals surface area contributed by atoms with Gasteiger partial charge in [0.25, 0.3) is 0 Å². The quantitative estimate of drug-likeness (QED) is 0.435. The highest BCUT2D eigenvalue weighted by molar-refractivity contribution is 7.12. The van der Waals surface area contributed by atoms with Crippen molar-refractivity contribution in [1.29, 1.82) is 5.26 Å². The van der Waals surface area contributed by atoms with Crippen LogP contribution in [-0.4, -0.2) is 15.8 Å². The third-order valence-corrected chi connectivity index (χ3v) is 3.55. The lowest BCUT2D eigenvalue weighted by atomic mass is 10.1. The largest absolute Gasteiger partial charge is 0.323 e. The lowest BCUT2D eigenvalue weighted by Crippen LogP contribution is -1.99. The number of rotatable bonds is 3. The molecule has 19 heavy (non-hydrogen) atoms. The first-order valence-electron chi connectivity index (χ1n) is 5.51. The van der Waals surface area contributed by atoms with Gasteiger partial charge in [0.2, 0.25) is 11.7 Å². The average molecular weight is 268 g/mol. The van der Waals surface area contributed by atoms with Gasteiger partial charge in [0.05, 0.1) is 16.0 Å². The predicted octanol–water partition coefficient (Wildman–Crippen LogP) is 2.75. The summed E-state index contributed by atoms with van der Waals surface area (Å²) in [5.74, 6) is 0.277. The third kappa shape index (κ3) is 1.96. The van der Waals surface area contributed by atoms with Crippen molar-refractivity contribution in [2.75, 3.05) is 5.32 Å². The topological polar surface area (TPSA) is 81.6 Å². The Kier molecular flexibility index (Phi) is 2.74. The van der Waals surface area contributed by atoms with Gasteiger partial charge in [-0.1, -0.05) is 12.1 Å². The number of nitrogens with one attached hydrogen (secondary N) is 2. The fourth-order valence-corrected chi connectivity index (χ4v) is 2.55.